The normalized spacial score (nSPS) is 18.5. The second-order valence-electron chi connectivity index (χ2n) is 3.99. The minimum atomic E-state index is -0.921. The van der Waals surface area contributed by atoms with E-state index < -0.39 is 10.8 Å². The van der Waals surface area contributed by atoms with Gasteiger partial charge in [0.1, 0.15) is 0 Å². The number of nitrogens with two attached hydrogens (primary N) is 1. The molecule has 82 valence electrons. The van der Waals surface area contributed by atoms with Crippen LogP contribution in [-0.2, 0) is 10.8 Å². The molecule has 2 nitrogen and oxygen atoms in total. The van der Waals surface area contributed by atoms with E-state index in [-0.39, 0.29) is 0 Å². The van der Waals surface area contributed by atoms with Gasteiger partial charge in [-0.3, -0.25) is 4.21 Å². The standard InChI is InChI=1S/C11H14ClNOS/c12-10-6-9(4-5-11(10)13)15(14)7-8-2-1-3-8/h4-6,8H,1-3,7,13H2. The maximum atomic E-state index is 11.9. The summed E-state index contributed by atoms with van der Waals surface area (Å²) in [6, 6.07) is 5.23. The van der Waals surface area contributed by atoms with Crippen LogP contribution in [0.25, 0.3) is 0 Å². The number of nitrogen functional groups attached to an aromatic ring is 1. The predicted octanol–water partition coefficient (Wildman–Crippen LogP) is 2.83. The van der Waals surface area contributed by atoms with Gasteiger partial charge in [-0.2, -0.15) is 0 Å². The van der Waals surface area contributed by atoms with Crippen molar-refractivity contribution in [2.24, 2.45) is 5.92 Å². The number of hydrogen-bond acceptors (Lipinski definition) is 2. The van der Waals surface area contributed by atoms with Crippen molar-refractivity contribution in [3.8, 4) is 0 Å². The molecule has 2 N–H and O–H groups in total. The van der Waals surface area contributed by atoms with E-state index in [1.165, 1.54) is 19.3 Å². The summed E-state index contributed by atoms with van der Waals surface area (Å²) in [7, 11) is -0.921. The fraction of sp³-hybridized carbons (Fsp3) is 0.455. The maximum Gasteiger partial charge on any atom is 0.0647 e. The highest BCUT2D eigenvalue weighted by molar-refractivity contribution is 7.85. The zero-order chi connectivity index (χ0) is 10.8. The first-order valence-electron chi connectivity index (χ1n) is 5.10. The van der Waals surface area contributed by atoms with Crippen LogP contribution in [0, 0.1) is 5.92 Å². The van der Waals surface area contributed by atoms with Gasteiger partial charge >= 0.3 is 0 Å². The Kier molecular flexibility index (Phi) is 3.32. The van der Waals surface area contributed by atoms with E-state index in [1.807, 2.05) is 0 Å². The Hall–Kier alpha value is -0.540. The van der Waals surface area contributed by atoms with Crippen LogP contribution in [0.1, 0.15) is 19.3 Å². The van der Waals surface area contributed by atoms with Gasteiger partial charge in [0.2, 0.25) is 0 Å². The van der Waals surface area contributed by atoms with Crippen molar-refractivity contribution in [1.29, 1.82) is 0 Å². The lowest BCUT2D eigenvalue weighted by atomic mass is 9.87. The lowest BCUT2D eigenvalue weighted by Crippen LogP contribution is -2.18. The number of halogens is 1. The molecule has 1 aromatic rings. The molecule has 2 rings (SSSR count). The molecule has 0 radical (unpaired) electrons. The molecule has 1 aromatic carbocycles. The summed E-state index contributed by atoms with van der Waals surface area (Å²) in [5.74, 6) is 1.41. The molecule has 0 bridgehead atoms. The second-order valence-corrected chi connectivity index (χ2v) is 5.90. The number of anilines is 1. The quantitative estimate of drug-likeness (QED) is 0.830. The van der Waals surface area contributed by atoms with Gasteiger partial charge in [0, 0.05) is 10.6 Å². The minimum Gasteiger partial charge on any atom is -0.398 e. The molecule has 0 saturated heterocycles. The molecule has 15 heavy (non-hydrogen) atoms. The number of benzene rings is 1. The third-order valence-corrected chi connectivity index (χ3v) is 4.73. The first-order valence-corrected chi connectivity index (χ1v) is 6.80. The van der Waals surface area contributed by atoms with Crippen LogP contribution in [0.15, 0.2) is 23.1 Å². The summed E-state index contributed by atoms with van der Waals surface area (Å²) in [6.07, 6.45) is 3.72. The molecular formula is C11H14ClNOS. The van der Waals surface area contributed by atoms with Crippen LogP contribution in [0.2, 0.25) is 5.02 Å². The van der Waals surface area contributed by atoms with Crippen LogP contribution >= 0.6 is 11.6 Å². The van der Waals surface area contributed by atoms with Gasteiger partial charge in [0.15, 0.2) is 0 Å². The van der Waals surface area contributed by atoms with Gasteiger partial charge in [-0.05, 0) is 37.0 Å². The molecule has 1 atom stereocenters. The summed E-state index contributed by atoms with van der Waals surface area (Å²) in [4.78, 5) is 0.793. The van der Waals surface area contributed by atoms with Crippen LogP contribution < -0.4 is 5.73 Å². The summed E-state index contributed by atoms with van der Waals surface area (Å²) >= 11 is 5.88. The summed E-state index contributed by atoms with van der Waals surface area (Å²) in [5, 5.41) is 0.495. The minimum absolute atomic E-state index is 0.495. The fourth-order valence-corrected chi connectivity index (χ4v) is 3.29. The maximum absolute atomic E-state index is 11.9. The van der Waals surface area contributed by atoms with Crippen molar-refractivity contribution >= 4 is 28.1 Å². The van der Waals surface area contributed by atoms with Crippen LogP contribution in [0.5, 0.6) is 0 Å². The first-order chi connectivity index (χ1) is 7.16. The molecule has 1 aliphatic rings. The number of rotatable bonds is 3. The highest BCUT2D eigenvalue weighted by atomic mass is 35.5. The Balaban J connectivity index is 2.07. The van der Waals surface area contributed by atoms with Gasteiger partial charge in [-0.25, -0.2) is 0 Å². The molecule has 0 heterocycles. The fourth-order valence-electron chi connectivity index (χ4n) is 1.62. The van der Waals surface area contributed by atoms with E-state index in [1.54, 1.807) is 18.2 Å². The Morgan fingerprint density at radius 3 is 2.73 bits per heavy atom. The molecular weight excluding hydrogens is 230 g/mol. The topological polar surface area (TPSA) is 43.1 Å². The Morgan fingerprint density at radius 1 is 1.47 bits per heavy atom. The second kappa shape index (κ2) is 4.54. The van der Waals surface area contributed by atoms with Crippen molar-refractivity contribution in [1.82, 2.24) is 0 Å². The van der Waals surface area contributed by atoms with E-state index in [0.717, 1.165) is 10.6 Å². The van der Waals surface area contributed by atoms with Crippen molar-refractivity contribution < 1.29 is 4.21 Å². The summed E-state index contributed by atoms with van der Waals surface area (Å²) < 4.78 is 11.9. The van der Waals surface area contributed by atoms with Gasteiger partial charge in [-0.15, -0.1) is 0 Å². The molecule has 0 aromatic heterocycles. The van der Waals surface area contributed by atoms with E-state index >= 15 is 0 Å². The van der Waals surface area contributed by atoms with Gasteiger partial charge in [-0.1, -0.05) is 18.0 Å². The van der Waals surface area contributed by atoms with Crippen LogP contribution in [0.3, 0.4) is 0 Å². The van der Waals surface area contributed by atoms with Crippen LogP contribution in [0.4, 0.5) is 5.69 Å². The zero-order valence-electron chi connectivity index (χ0n) is 8.41. The Labute approximate surface area is 97.3 Å². The van der Waals surface area contributed by atoms with E-state index in [2.05, 4.69) is 0 Å². The monoisotopic (exact) mass is 243 g/mol. The summed E-state index contributed by atoms with van der Waals surface area (Å²) in [6.45, 7) is 0. The molecule has 0 amide bonds. The van der Waals surface area contributed by atoms with Crippen molar-refractivity contribution in [3.63, 3.8) is 0 Å². The largest absolute Gasteiger partial charge is 0.398 e. The van der Waals surface area contributed by atoms with E-state index in [0.29, 0.717) is 16.6 Å². The Morgan fingerprint density at radius 2 is 2.20 bits per heavy atom. The molecule has 1 unspecified atom stereocenters. The van der Waals surface area contributed by atoms with Gasteiger partial charge in [0.25, 0.3) is 0 Å². The molecule has 0 spiro atoms. The SMILES string of the molecule is Nc1ccc(S(=O)CC2CCC2)cc1Cl. The molecule has 4 heteroatoms. The van der Waals surface area contributed by atoms with Crippen LogP contribution in [-0.4, -0.2) is 9.96 Å². The average Bonchev–Trinajstić information content (AvgIpc) is 2.15. The lowest BCUT2D eigenvalue weighted by molar-refractivity contribution is 0.350. The van der Waals surface area contributed by atoms with Crippen molar-refractivity contribution in [3.05, 3.63) is 23.2 Å². The molecule has 1 aliphatic carbocycles. The average molecular weight is 244 g/mol. The van der Waals surface area contributed by atoms with Crippen molar-refractivity contribution in [2.75, 3.05) is 11.5 Å². The van der Waals surface area contributed by atoms with Gasteiger partial charge < -0.3 is 5.73 Å². The van der Waals surface area contributed by atoms with E-state index in [9.17, 15) is 4.21 Å². The molecule has 1 fully saturated rings. The van der Waals surface area contributed by atoms with Crippen molar-refractivity contribution in [2.45, 2.75) is 24.2 Å². The van der Waals surface area contributed by atoms with Gasteiger partial charge in [0.05, 0.1) is 21.5 Å². The highest BCUT2D eigenvalue weighted by Crippen LogP contribution is 2.29. The lowest BCUT2D eigenvalue weighted by Gasteiger charge is -2.24. The predicted molar refractivity (Wildman–Crippen MR) is 64.5 cm³/mol. The summed E-state index contributed by atoms with van der Waals surface area (Å²) in [5.41, 5.74) is 6.14. The zero-order valence-corrected chi connectivity index (χ0v) is 9.98. The number of hydrogen-bond donors (Lipinski definition) is 1. The highest BCUT2D eigenvalue weighted by Gasteiger charge is 2.20. The molecule has 0 aliphatic heterocycles. The third-order valence-electron chi connectivity index (χ3n) is 2.85. The molecule has 1 saturated carbocycles. The smallest absolute Gasteiger partial charge is 0.0647 e. The third kappa shape index (κ3) is 2.52. The Bertz CT molecular complexity index is 390. The first kappa shape index (κ1) is 11.0. The van der Waals surface area contributed by atoms with E-state index in [4.69, 9.17) is 17.3 Å².